The number of pyridine rings is 2. The molecule has 1 spiro atoms. The minimum Gasteiger partial charge on any atom is -0.491 e. The number of nitrogens with zero attached hydrogens (tertiary/aromatic N) is 7. The Kier molecular flexibility index (Phi) is 15.9. The number of para-hydroxylation sites is 1. The quantitative estimate of drug-likeness (QED) is 0.0492. The van der Waals surface area contributed by atoms with Crippen LogP contribution in [0.25, 0.3) is 11.0 Å². The van der Waals surface area contributed by atoms with Gasteiger partial charge in [-0.25, -0.2) is 18.1 Å². The highest BCUT2D eigenvalue weighted by molar-refractivity contribution is 7.90. The van der Waals surface area contributed by atoms with Crippen LogP contribution in [0.2, 0.25) is 0 Å². The number of anilines is 4. The summed E-state index contributed by atoms with van der Waals surface area (Å²) >= 11 is 0. The highest BCUT2D eigenvalue weighted by atomic mass is 32.2. The molecule has 5 fully saturated rings. The average Bonchev–Trinajstić information content (AvgIpc) is 1.20. The van der Waals surface area contributed by atoms with Crippen molar-refractivity contribution in [1.29, 1.82) is 0 Å². The number of piperazine rings is 1. The molecule has 6 aromatic rings. The summed E-state index contributed by atoms with van der Waals surface area (Å²) in [6.07, 6.45) is 8.78. The van der Waals surface area contributed by atoms with E-state index in [1.54, 1.807) is 26.5 Å². The molecule has 2 saturated carbocycles. The Balaban J connectivity index is 0.796. The van der Waals surface area contributed by atoms with Crippen LogP contribution in [0.5, 0.6) is 23.3 Å². The van der Waals surface area contributed by atoms with Gasteiger partial charge < -0.3 is 48.9 Å². The molecule has 3 saturated heterocycles. The molecular weight excluding hydrogens is 1090 g/mol. The number of aromatic nitrogens is 3. The lowest BCUT2D eigenvalue weighted by molar-refractivity contribution is -0.384. The van der Waals surface area contributed by atoms with E-state index in [0.29, 0.717) is 79.5 Å². The first-order chi connectivity index (χ1) is 40.5. The summed E-state index contributed by atoms with van der Waals surface area (Å²) in [5.74, 6) is 1.63. The fraction of sp³-hybridized carbons (Fsp3) is 0.500. The van der Waals surface area contributed by atoms with Gasteiger partial charge in [-0.3, -0.25) is 24.7 Å². The Hall–Kier alpha value is -7.24. The average molecular weight is 1170 g/mol. The van der Waals surface area contributed by atoms with Gasteiger partial charge in [0.1, 0.15) is 28.9 Å². The van der Waals surface area contributed by atoms with E-state index in [-0.39, 0.29) is 47.4 Å². The topological polar surface area (TPSA) is 239 Å². The number of piperidine rings is 1. The second kappa shape index (κ2) is 23.3. The van der Waals surface area contributed by atoms with E-state index in [2.05, 4.69) is 66.7 Å². The van der Waals surface area contributed by atoms with Gasteiger partial charge in [0, 0.05) is 87.4 Å². The molecule has 21 nitrogen and oxygen atoms in total. The Morgan fingerprint density at radius 1 is 0.917 bits per heavy atom. The number of benzene rings is 3. The van der Waals surface area contributed by atoms with Crippen molar-refractivity contribution in [2.24, 2.45) is 11.3 Å². The van der Waals surface area contributed by atoms with Crippen LogP contribution >= 0.6 is 0 Å². The predicted octanol–water partition coefficient (Wildman–Crippen LogP) is 9.14. The first kappa shape index (κ1) is 57.2. The summed E-state index contributed by atoms with van der Waals surface area (Å²) in [6.45, 7) is 11.9. The molecule has 4 N–H and O–H groups in total. The van der Waals surface area contributed by atoms with Crippen molar-refractivity contribution in [3.8, 4) is 23.3 Å². The molecule has 0 bridgehead atoms. The zero-order valence-electron chi connectivity index (χ0n) is 48.4. The summed E-state index contributed by atoms with van der Waals surface area (Å²) in [5.41, 5.74) is 4.00. The molecule has 3 atom stereocenters. The van der Waals surface area contributed by atoms with Gasteiger partial charge in [-0.15, -0.1) is 0 Å². The Bertz CT molecular complexity index is 3520. The van der Waals surface area contributed by atoms with Crippen LogP contribution in [0, 0.1) is 21.4 Å². The standard InChI is InChI=1S/C62H76N10O11S/c1-39(2)82-54-9-7-6-8-46(54)53-37-68(36-42-10-15-55(79-4)60(65-42)80-5)27-28-70(53)44-33-62(34-44)22-25-69(26-23-62)43-11-13-47(50(31-43)71-49-19-29-81-38-56(49)83-59-52(71)30-41-18-24-63-57(41)66-59)58(73)67-84(77,78)45-12-14-48(51(32-45)72(75)76)64-35-40-16-20-61(3,74)21-17-40/h6-15,18,24,30-32,39-40,44,49,53,56,64,74H,16-17,19-23,25-29,33-38H2,1-5H3,(H,63,66)(H,67,73)/t40?,49-,53+,56-,61?/m0/s1. The fourth-order valence-electron chi connectivity index (χ4n) is 13.8. The van der Waals surface area contributed by atoms with Gasteiger partial charge in [0.05, 0.1) is 71.4 Å². The molecule has 84 heavy (non-hydrogen) atoms. The minimum atomic E-state index is -4.65. The Morgan fingerprint density at radius 2 is 1.71 bits per heavy atom. The Labute approximate surface area is 490 Å². The van der Waals surface area contributed by atoms with E-state index >= 15 is 0 Å². The summed E-state index contributed by atoms with van der Waals surface area (Å²) in [6, 6.07) is 25.7. The first-order valence-corrected chi connectivity index (χ1v) is 31.0. The van der Waals surface area contributed by atoms with Crippen LogP contribution < -0.4 is 38.8 Å². The van der Waals surface area contributed by atoms with Crippen molar-refractivity contribution in [2.75, 3.05) is 81.8 Å². The monoisotopic (exact) mass is 1170 g/mol. The first-order valence-electron chi connectivity index (χ1n) is 29.5. The van der Waals surface area contributed by atoms with Crippen molar-refractivity contribution >= 4 is 55.4 Å². The number of nitro benzene ring substituents is 1. The molecule has 2 aliphatic carbocycles. The highest BCUT2D eigenvalue weighted by Crippen LogP contribution is 2.54. The molecule has 446 valence electrons. The summed E-state index contributed by atoms with van der Waals surface area (Å²) < 4.78 is 60.9. The summed E-state index contributed by atoms with van der Waals surface area (Å²) in [7, 11) is -1.43. The lowest BCUT2D eigenvalue weighted by Gasteiger charge is -2.58. The van der Waals surface area contributed by atoms with Crippen molar-refractivity contribution in [3.63, 3.8) is 0 Å². The maximum Gasteiger partial charge on any atom is 0.293 e. The number of H-pyrrole nitrogens is 1. The molecule has 3 aromatic heterocycles. The van der Waals surface area contributed by atoms with Gasteiger partial charge in [0.25, 0.3) is 27.5 Å². The largest absolute Gasteiger partial charge is 0.491 e. The molecule has 7 heterocycles. The van der Waals surface area contributed by atoms with E-state index in [9.17, 15) is 28.4 Å². The number of aliphatic hydroxyl groups is 1. The lowest BCUT2D eigenvalue weighted by atomic mass is 9.59. The van der Waals surface area contributed by atoms with E-state index in [4.69, 9.17) is 33.7 Å². The molecule has 22 heteroatoms. The van der Waals surface area contributed by atoms with E-state index in [0.717, 1.165) is 99.8 Å². The zero-order chi connectivity index (χ0) is 58.5. The number of rotatable bonds is 17. The van der Waals surface area contributed by atoms with Gasteiger partial charge in [0.2, 0.25) is 5.88 Å². The van der Waals surface area contributed by atoms with Crippen LogP contribution in [0.1, 0.15) is 106 Å². The van der Waals surface area contributed by atoms with Crippen molar-refractivity contribution in [2.45, 2.75) is 126 Å². The van der Waals surface area contributed by atoms with E-state index in [1.165, 1.54) is 17.7 Å². The lowest BCUT2D eigenvalue weighted by Crippen LogP contribution is -2.59. The van der Waals surface area contributed by atoms with Crippen LogP contribution in [0.15, 0.2) is 96.0 Å². The third-order valence-electron chi connectivity index (χ3n) is 18.4. The minimum absolute atomic E-state index is 0.0211. The number of fused-ring (bicyclic) bond motifs is 3. The predicted molar refractivity (Wildman–Crippen MR) is 318 cm³/mol. The molecule has 0 unspecified atom stereocenters. The van der Waals surface area contributed by atoms with Crippen LogP contribution in [0.3, 0.4) is 0 Å². The normalized spacial score (nSPS) is 23.8. The van der Waals surface area contributed by atoms with Crippen LogP contribution in [-0.4, -0.2) is 146 Å². The van der Waals surface area contributed by atoms with Gasteiger partial charge in [-0.05, 0) is 151 Å². The van der Waals surface area contributed by atoms with Gasteiger partial charge in [-0.1, -0.05) is 18.2 Å². The smallest absolute Gasteiger partial charge is 0.293 e. The summed E-state index contributed by atoms with van der Waals surface area (Å²) in [4.78, 5) is 48.7. The number of hydrogen-bond acceptors (Lipinski definition) is 18. The summed E-state index contributed by atoms with van der Waals surface area (Å²) in [5, 5.41) is 26.9. The SMILES string of the molecule is COc1ccc(CN2CCN(C3CC4(CCN(c5ccc(C(=O)NS(=O)(=O)c6ccc(NCC7CCC(C)(O)CC7)c([N+](=O)[O-])c6)c(N6c7cc8cc[nH]c8nc7O[C@H]7COCC[C@@H]76)c5)CC4)C3)[C@@H](c3ccccc3OC(C)C)C2)nc1OC. The molecular formula is C62H76N10O11S. The zero-order valence-corrected chi connectivity index (χ0v) is 49.2. The number of methoxy groups -OCH3 is 2. The van der Waals surface area contributed by atoms with Crippen LogP contribution in [0.4, 0.5) is 28.4 Å². The third kappa shape index (κ3) is 11.7. The number of nitrogens with one attached hydrogen (secondary N) is 3. The van der Waals surface area contributed by atoms with Gasteiger partial charge in [0.15, 0.2) is 5.75 Å². The van der Waals surface area contributed by atoms with E-state index < -0.39 is 43.1 Å². The third-order valence-corrected chi connectivity index (χ3v) is 19.7. The number of aromatic amines is 1. The number of nitro groups is 1. The second-order valence-corrected chi connectivity index (χ2v) is 26.0. The fourth-order valence-corrected chi connectivity index (χ4v) is 14.8. The molecule has 12 rings (SSSR count). The number of carbonyl (C=O) groups excluding carboxylic acids is 1. The van der Waals surface area contributed by atoms with Crippen LogP contribution in [-0.2, 0) is 21.3 Å². The van der Waals surface area contributed by atoms with Gasteiger partial charge >= 0.3 is 0 Å². The molecule has 6 aliphatic rings. The van der Waals surface area contributed by atoms with Crippen molar-refractivity contribution in [1.82, 2.24) is 29.5 Å². The maximum absolute atomic E-state index is 14.9. The molecule has 1 amide bonds. The highest BCUT2D eigenvalue weighted by Gasteiger charge is 2.51. The van der Waals surface area contributed by atoms with Crippen molar-refractivity contribution in [3.05, 3.63) is 118 Å². The molecule has 3 aromatic carbocycles. The number of amides is 1. The number of hydrogen-bond donors (Lipinski definition) is 4. The Morgan fingerprint density at radius 3 is 2.48 bits per heavy atom. The molecule has 4 aliphatic heterocycles. The molecule has 0 radical (unpaired) electrons. The maximum atomic E-state index is 14.9. The van der Waals surface area contributed by atoms with E-state index in [1.807, 2.05) is 49.4 Å². The number of carbonyl (C=O) groups is 1. The number of ether oxygens (including phenoxy) is 5. The van der Waals surface area contributed by atoms with Gasteiger partial charge in [-0.2, -0.15) is 4.98 Å². The number of sulfonamides is 1. The second-order valence-electron chi connectivity index (χ2n) is 24.3. The van der Waals surface area contributed by atoms with Crippen molar-refractivity contribution < 1.29 is 46.9 Å².